The maximum Gasteiger partial charge on any atom is 0.258 e. The largest absolute Gasteiger partial charge is 0.320 e. The number of pyridine rings is 1. The Morgan fingerprint density at radius 2 is 2.22 bits per heavy atom. The van der Waals surface area contributed by atoms with E-state index in [1.165, 1.54) is 18.1 Å². The third kappa shape index (κ3) is 3.35. The molecular formula is C15H12ClN5OS. The molecule has 0 unspecified atom stereocenters. The predicted octanol–water partition coefficient (Wildman–Crippen LogP) is 3.29. The molecule has 1 amide bonds. The average Bonchev–Trinajstić information content (AvgIpc) is 3.09. The normalized spacial score (nSPS) is 10.5. The first-order chi connectivity index (χ1) is 11.2. The molecule has 0 atom stereocenters. The van der Waals surface area contributed by atoms with Gasteiger partial charge in [0.15, 0.2) is 0 Å². The van der Waals surface area contributed by atoms with E-state index >= 15 is 0 Å². The van der Waals surface area contributed by atoms with Crippen molar-refractivity contribution in [1.29, 1.82) is 0 Å². The van der Waals surface area contributed by atoms with E-state index in [0.717, 1.165) is 0 Å². The van der Waals surface area contributed by atoms with Gasteiger partial charge in [-0.2, -0.15) is 5.10 Å². The van der Waals surface area contributed by atoms with E-state index < -0.39 is 0 Å². The smallest absolute Gasteiger partial charge is 0.258 e. The molecule has 1 aromatic carbocycles. The second-order valence-electron chi connectivity index (χ2n) is 4.52. The van der Waals surface area contributed by atoms with Gasteiger partial charge in [-0.25, -0.2) is 14.6 Å². The molecular weight excluding hydrogens is 334 g/mol. The predicted molar refractivity (Wildman–Crippen MR) is 90.3 cm³/mol. The molecule has 0 radical (unpaired) electrons. The number of hydrogen-bond donors (Lipinski definition) is 1. The van der Waals surface area contributed by atoms with Crippen molar-refractivity contribution in [2.24, 2.45) is 0 Å². The minimum atomic E-state index is -0.258. The summed E-state index contributed by atoms with van der Waals surface area (Å²) in [6.07, 6.45) is 6.51. The topological polar surface area (TPSA) is 72.7 Å². The lowest BCUT2D eigenvalue weighted by molar-refractivity contribution is 0.102. The highest BCUT2D eigenvalue weighted by Crippen LogP contribution is 2.25. The number of amides is 1. The monoisotopic (exact) mass is 345 g/mol. The molecule has 0 aliphatic rings. The minimum Gasteiger partial charge on any atom is -0.320 e. The first-order valence-corrected chi connectivity index (χ1v) is 8.24. The van der Waals surface area contributed by atoms with Gasteiger partial charge in [0, 0.05) is 11.2 Å². The Balaban J connectivity index is 1.96. The summed E-state index contributed by atoms with van der Waals surface area (Å²) in [4.78, 5) is 20.7. The van der Waals surface area contributed by atoms with Gasteiger partial charge in [-0.05, 0) is 36.6 Å². The standard InChI is InChI=1S/C15H12ClN5OS/c1-23-15-11(3-2-6-18-15)14(22)20-12-7-10(16)4-5-13(12)21-9-17-8-19-21/h2-9H,1H3,(H,20,22). The maximum atomic E-state index is 12.6. The lowest BCUT2D eigenvalue weighted by Crippen LogP contribution is -2.15. The SMILES string of the molecule is CSc1ncccc1C(=O)Nc1cc(Cl)ccc1-n1cncn1. The second kappa shape index (κ2) is 6.80. The number of benzene rings is 1. The van der Waals surface area contributed by atoms with E-state index in [0.29, 0.717) is 27.0 Å². The molecule has 0 fully saturated rings. The van der Waals surface area contributed by atoms with Crippen molar-refractivity contribution in [2.75, 3.05) is 11.6 Å². The Labute approximate surface area is 141 Å². The summed E-state index contributed by atoms with van der Waals surface area (Å²) in [6, 6.07) is 8.63. The first kappa shape index (κ1) is 15.5. The lowest BCUT2D eigenvalue weighted by Gasteiger charge is -2.12. The summed E-state index contributed by atoms with van der Waals surface area (Å²) in [5.41, 5.74) is 1.73. The second-order valence-corrected chi connectivity index (χ2v) is 5.75. The van der Waals surface area contributed by atoms with Crippen molar-refractivity contribution < 1.29 is 4.79 Å². The van der Waals surface area contributed by atoms with Gasteiger partial charge in [0.05, 0.1) is 16.9 Å². The lowest BCUT2D eigenvalue weighted by atomic mass is 10.2. The number of rotatable bonds is 4. The Morgan fingerprint density at radius 1 is 1.35 bits per heavy atom. The van der Waals surface area contributed by atoms with Gasteiger partial charge in [-0.3, -0.25) is 4.79 Å². The zero-order valence-corrected chi connectivity index (χ0v) is 13.7. The fourth-order valence-electron chi connectivity index (χ4n) is 2.06. The van der Waals surface area contributed by atoms with Crippen LogP contribution >= 0.6 is 23.4 Å². The van der Waals surface area contributed by atoms with Gasteiger partial charge in [-0.1, -0.05) is 11.6 Å². The van der Waals surface area contributed by atoms with Crippen LogP contribution in [0.3, 0.4) is 0 Å². The van der Waals surface area contributed by atoms with Crippen LogP contribution in [-0.2, 0) is 0 Å². The Bertz CT molecular complexity index is 838. The van der Waals surface area contributed by atoms with Crippen molar-refractivity contribution in [3.63, 3.8) is 0 Å². The maximum absolute atomic E-state index is 12.6. The summed E-state index contributed by atoms with van der Waals surface area (Å²) >= 11 is 7.47. The third-order valence-corrected chi connectivity index (χ3v) is 4.03. The van der Waals surface area contributed by atoms with Gasteiger partial charge >= 0.3 is 0 Å². The number of nitrogens with one attached hydrogen (secondary N) is 1. The van der Waals surface area contributed by atoms with Crippen LogP contribution in [0.1, 0.15) is 10.4 Å². The molecule has 6 nitrogen and oxygen atoms in total. The van der Waals surface area contributed by atoms with Crippen LogP contribution in [0.15, 0.2) is 54.2 Å². The summed E-state index contributed by atoms with van der Waals surface area (Å²) in [5, 5.41) is 8.13. The number of hydrogen-bond acceptors (Lipinski definition) is 5. The molecule has 0 bridgehead atoms. The van der Waals surface area contributed by atoms with E-state index in [-0.39, 0.29) is 5.91 Å². The summed E-state index contributed by atoms with van der Waals surface area (Å²) < 4.78 is 1.56. The van der Waals surface area contributed by atoms with Crippen molar-refractivity contribution in [1.82, 2.24) is 19.7 Å². The van der Waals surface area contributed by atoms with E-state index in [2.05, 4.69) is 20.4 Å². The first-order valence-electron chi connectivity index (χ1n) is 6.64. The number of anilines is 1. The average molecular weight is 346 g/mol. The van der Waals surface area contributed by atoms with Crippen LogP contribution in [0.5, 0.6) is 0 Å². The van der Waals surface area contributed by atoms with Crippen LogP contribution in [0.4, 0.5) is 5.69 Å². The minimum absolute atomic E-state index is 0.258. The van der Waals surface area contributed by atoms with Crippen LogP contribution in [-0.4, -0.2) is 31.9 Å². The van der Waals surface area contributed by atoms with Crippen molar-refractivity contribution in [2.45, 2.75) is 5.03 Å². The molecule has 8 heteroatoms. The summed E-state index contributed by atoms with van der Waals surface area (Å²) in [5.74, 6) is -0.258. The highest BCUT2D eigenvalue weighted by atomic mass is 35.5. The van der Waals surface area contributed by atoms with E-state index in [1.807, 2.05) is 6.26 Å². The van der Waals surface area contributed by atoms with Crippen molar-refractivity contribution in [3.8, 4) is 5.69 Å². The molecule has 0 spiro atoms. The molecule has 3 rings (SSSR count). The summed E-state index contributed by atoms with van der Waals surface area (Å²) in [6.45, 7) is 0. The summed E-state index contributed by atoms with van der Waals surface area (Å²) in [7, 11) is 0. The molecule has 2 heterocycles. The third-order valence-electron chi connectivity index (χ3n) is 3.08. The van der Waals surface area contributed by atoms with Crippen LogP contribution in [0, 0.1) is 0 Å². The fraction of sp³-hybridized carbons (Fsp3) is 0.0667. The van der Waals surface area contributed by atoms with E-state index in [9.17, 15) is 4.79 Å². The molecule has 1 N–H and O–H groups in total. The number of thioether (sulfide) groups is 1. The Kier molecular flexibility index (Phi) is 4.59. The van der Waals surface area contributed by atoms with Crippen molar-refractivity contribution >= 4 is 35.0 Å². The van der Waals surface area contributed by atoms with Gasteiger partial charge in [0.2, 0.25) is 0 Å². The molecule has 23 heavy (non-hydrogen) atoms. The quantitative estimate of drug-likeness (QED) is 0.734. The Morgan fingerprint density at radius 3 is 2.96 bits per heavy atom. The zero-order valence-electron chi connectivity index (χ0n) is 12.1. The van der Waals surface area contributed by atoms with Gasteiger partial charge < -0.3 is 5.32 Å². The van der Waals surface area contributed by atoms with Crippen molar-refractivity contribution in [3.05, 3.63) is 59.8 Å². The molecule has 0 aliphatic carbocycles. The Hall–Kier alpha value is -2.38. The molecule has 2 aromatic heterocycles. The molecule has 0 saturated carbocycles. The van der Waals surface area contributed by atoms with Gasteiger partial charge in [-0.15, -0.1) is 11.8 Å². The van der Waals surface area contributed by atoms with Crippen LogP contribution < -0.4 is 5.32 Å². The van der Waals surface area contributed by atoms with Crippen LogP contribution in [0.25, 0.3) is 5.69 Å². The zero-order chi connectivity index (χ0) is 16.2. The number of carbonyl (C=O) groups is 1. The molecule has 116 valence electrons. The highest BCUT2D eigenvalue weighted by molar-refractivity contribution is 7.98. The highest BCUT2D eigenvalue weighted by Gasteiger charge is 2.15. The number of nitrogens with zero attached hydrogens (tertiary/aromatic N) is 4. The molecule has 3 aromatic rings. The molecule has 0 saturated heterocycles. The number of halogens is 1. The molecule has 0 aliphatic heterocycles. The fourth-order valence-corrected chi connectivity index (χ4v) is 2.78. The van der Waals surface area contributed by atoms with Crippen LogP contribution in [0.2, 0.25) is 5.02 Å². The number of aromatic nitrogens is 4. The van der Waals surface area contributed by atoms with Gasteiger partial charge in [0.1, 0.15) is 17.7 Å². The van der Waals surface area contributed by atoms with Gasteiger partial charge in [0.25, 0.3) is 5.91 Å². The van der Waals surface area contributed by atoms with E-state index in [1.54, 1.807) is 47.5 Å². The number of carbonyl (C=O) groups excluding carboxylic acids is 1. The van der Waals surface area contributed by atoms with E-state index in [4.69, 9.17) is 11.6 Å².